The molecule has 2 heteroatoms. The lowest BCUT2D eigenvalue weighted by Crippen LogP contribution is -2.22. The molecule has 0 aromatic heterocycles. The third-order valence-electron chi connectivity index (χ3n) is 4.36. The van der Waals surface area contributed by atoms with Gasteiger partial charge in [0.25, 0.3) is 0 Å². The number of hydrogen-bond acceptors (Lipinski definition) is 2. The molecular weight excluding hydrogens is 258 g/mol. The Hall–Kier alpha value is -1.18. The maximum Gasteiger partial charge on any atom is 0.142 e. The Morgan fingerprint density at radius 3 is 2.67 bits per heavy atom. The quantitative estimate of drug-likeness (QED) is 0.601. The largest absolute Gasteiger partial charge is 0.491 e. The molecule has 0 aliphatic carbocycles. The van der Waals surface area contributed by atoms with Crippen molar-refractivity contribution in [3.8, 4) is 5.75 Å². The van der Waals surface area contributed by atoms with Crippen molar-refractivity contribution in [2.24, 2.45) is 0 Å². The van der Waals surface area contributed by atoms with Crippen LogP contribution in [0.4, 0.5) is 5.69 Å². The number of fused-ring (bicyclic) bond motifs is 1. The molecule has 1 atom stereocenters. The molecule has 0 saturated heterocycles. The van der Waals surface area contributed by atoms with Gasteiger partial charge in [-0.15, -0.1) is 0 Å². The highest BCUT2D eigenvalue weighted by molar-refractivity contribution is 5.63. The van der Waals surface area contributed by atoms with Crippen LogP contribution in [0.3, 0.4) is 0 Å². The number of benzene rings is 1. The normalized spacial score (nSPS) is 17.1. The fourth-order valence-electron chi connectivity index (χ4n) is 3.00. The first-order valence-electron chi connectivity index (χ1n) is 8.82. The fourth-order valence-corrected chi connectivity index (χ4v) is 3.00. The molecule has 0 fully saturated rings. The summed E-state index contributed by atoms with van der Waals surface area (Å²) in [5.74, 6) is 1.05. The Kier molecular flexibility index (Phi) is 6.91. The van der Waals surface area contributed by atoms with Crippen LogP contribution in [0.25, 0.3) is 0 Å². The van der Waals surface area contributed by atoms with Gasteiger partial charge in [-0.25, -0.2) is 0 Å². The highest BCUT2D eigenvalue weighted by atomic mass is 16.5. The zero-order chi connectivity index (χ0) is 14.9. The number of rotatable bonds is 9. The zero-order valence-electron chi connectivity index (χ0n) is 13.8. The van der Waals surface area contributed by atoms with Crippen LogP contribution in [-0.4, -0.2) is 12.6 Å². The maximum absolute atomic E-state index is 6.02. The van der Waals surface area contributed by atoms with Crippen LogP contribution in [0.15, 0.2) is 18.2 Å². The Morgan fingerprint density at radius 2 is 1.86 bits per heavy atom. The summed E-state index contributed by atoms with van der Waals surface area (Å²) in [7, 11) is 0. The summed E-state index contributed by atoms with van der Waals surface area (Å²) >= 11 is 0. The molecule has 2 rings (SSSR count). The second-order valence-electron chi connectivity index (χ2n) is 6.34. The molecule has 2 nitrogen and oxygen atoms in total. The van der Waals surface area contributed by atoms with Gasteiger partial charge >= 0.3 is 0 Å². The van der Waals surface area contributed by atoms with E-state index in [1.165, 1.54) is 62.6 Å². The standard InChI is InChI=1S/C19H31NO/c1-3-4-5-6-7-8-9-15-21-18-12-10-11-17-14-13-16(2)20-19(17)18/h10-12,16,20H,3-9,13-15H2,1-2H3. The van der Waals surface area contributed by atoms with E-state index in [4.69, 9.17) is 4.74 Å². The van der Waals surface area contributed by atoms with Crippen molar-refractivity contribution in [1.82, 2.24) is 0 Å². The second-order valence-corrected chi connectivity index (χ2v) is 6.34. The van der Waals surface area contributed by atoms with Crippen molar-refractivity contribution in [2.45, 2.75) is 77.7 Å². The predicted molar refractivity (Wildman–Crippen MR) is 91.3 cm³/mol. The SMILES string of the molecule is CCCCCCCCCOc1cccc2c1NC(C)CC2. The fraction of sp³-hybridized carbons (Fsp3) is 0.684. The number of unbranched alkanes of at least 4 members (excludes halogenated alkanes) is 6. The molecule has 0 radical (unpaired) electrons. The number of aryl methyl sites for hydroxylation is 1. The summed E-state index contributed by atoms with van der Waals surface area (Å²) in [6.45, 7) is 5.36. The monoisotopic (exact) mass is 289 g/mol. The first-order valence-corrected chi connectivity index (χ1v) is 8.82. The number of anilines is 1. The molecule has 1 unspecified atom stereocenters. The summed E-state index contributed by atoms with van der Waals surface area (Å²) in [6.07, 6.45) is 11.7. The van der Waals surface area contributed by atoms with Gasteiger partial charge in [0.1, 0.15) is 5.75 Å². The minimum Gasteiger partial charge on any atom is -0.491 e. The van der Waals surface area contributed by atoms with Crippen molar-refractivity contribution >= 4 is 5.69 Å². The number of ether oxygens (including phenoxy) is 1. The Bertz CT molecular complexity index is 416. The average Bonchev–Trinajstić information content (AvgIpc) is 2.50. The van der Waals surface area contributed by atoms with Gasteiger partial charge in [-0.3, -0.25) is 0 Å². The lowest BCUT2D eigenvalue weighted by atomic mass is 9.98. The first kappa shape index (κ1) is 16.2. The highest BCUT2D eigenvalue weighted by Gasteiger charge is 2.17. The van der Waals surface area contributed by atoms with Gasteiger partial charge in [0.05, 0.1) is 12.3 Å². The molecule has 118 valence electrons. The second kappa shape index (κ2) is 8.96. The van der Waals surface area contributed by atoms with Crippen LogP contribution >= 0.6 is 0 Å². The Balaban J connectivity index is 1.69. The number of para-hydroxylation sites is 1. The average molecular weight is 289 g/mol. The molecule has 1 aromatic rings. The minimum absolute atomic E-state index is 0.556. The van der Waals surface area contributed by atoms with Crippen LogP contribution in [0, 0.1) is 0 Å². The lowest BCUT2D eigenvalue weighted by Gasteiger charge is -2.26. The summed E-state index contributed by atoms with van der Waals surface area (Å²) in [6, 6.07) is 7.00. The summed E-state index contributed by atoms with van der Waals surface area (Å²) in [4.78, 5) is 0. The van der Waals surface area contributed by atoms with E-state index in [9.17, 15) is 0 Å². The van der Waals surface area contributed by atoms with Crippen LogP contribution in [0.2, 0.25) is 0 Å². The van der Waals surface area contributed by atoms with E-state index in [1.807, 2.05) is 0 Å². The van der Waals surface area contributed by atoms with E-state index in [0.717, 1.165) is 18.8 Å². The topological polar surface area (TPSA) is 21.3 Å². The van der Waals surface area contributed by atoms with E-state index >= 15 is 0 Å². The van der Waals surface area contributed by atoms with E-state index < -0.39 is 0 Å². The number of hydrogen-bond donors (Lipinski definition) is 1. The Morgan fingerprint density at radius 1 is 1.10 bits per heavy atom. The van der Waals surface area contributed by atoms with Crippen molar-refractivity contribution < 1.29 is 4.74 Å². The maximum atomic E-state index is 6.02. The van der Waals surface area contributed by atoms with Gasteiger partial charge in [-0.2, -0.15) is 0 Å². The Labute approximate surface area is 130 Å². The van der Waals surface area contributed by atoms with E-state index in [1.54, 1.807) is 0 Å². The molecule has 1 aromatic carbocycles. The summed E-state index contributed by atoms with van der Waals surface area (Å²) < 4.78 is 6.02. The first-order chi connectivity index (χ1) is 10.3. The zero-order valence-corrected chi connectivity index (χ0v) is 13.8. The van der Waals surface area contributed by atoms with E-state index in [-0.39, 0.29) is 0 Å². The van der Waals surface area contributed by atoms with Gasteiger partial charge in [0.2, 0.25) is 0 Å². The minimum atomic E-state index is 0.556. The van der Waals surface area contributed by atoms with Crippen molar-refractivity contribution in [2.75, 3.05) is 11.9 Å². The van der Waals surface area contributed by atoms with Crippen LogP contribution in [0.5, 0.6) is 5.75 Å². The molecule has 1 aliphatic heterocycles. The highest BCUT2D eigenvalue weighted by Crippen LogP contribution is 2.33. The van der Waals surface area contributed by atoms with Crippen molar-refractivity contribution in [1.29, 1.82) is 0 Å². The van der Waals surface area contributed by atoms with Gasteiger partial charge in [-0.05, 0) is 37.8 Å². The third kappa shape index (κ3) is 5.26. The molecule has 0 amide bonds. The molecular formula is C19H31NO. The van der Waals surface area contributed by atoms with Crippen molar-refractivity contribution in [3.63, 3.8) is 0 Å². The molecule has 1 aliphatic rings. The van der Waals surface area contributed by atoms with Crippen LogP contribution < -0.4 is 10.1 Å². The van der Waals surface area contributed by atoms with Gasteiger partial charge in [-0.1, -0.05) is 57.6 Å². The van der Waals surface area contributed by atoms with Gasteiger partial charge in [0.15, 0.2) is 0 Å². The van der Waals surface area contributed by atoms with E-state index in [0.29, 0.717) is 6.04 Å². The molecule has 1 heterocycles. The number of nitrogens with one attached hydrogen (secondary N) is 1. The molecule has 21 heavy (non-hydrogen) atoms. The van der Waals surface area contributed by atoms with Gasteiger partial charge in [0, 0.05) is 6.04 Å². The lowest BCUT2D eigenvalue weighted by molar-refractivity contribution is 0.304. The summed E-state index contributed by atoms with van der Waals surface area (Å²) in [5.41, 5.74) is 2.64. The molecule has 0 bridgehead atoms. The van der Waals surface area contributed by atoms with E-state index in [2.05, 4.69) is 37.4 Å². The molecule has 0 spiro atoms. The van der Waals surface area contributed by atoms with Crippen LogP contribution in [-0.2, 0) is 6.42 Å². The van der Waals surface area contributed by atoms with Crippen LogP contribution in [0.1, 0.15) is 70.8 Å². The third-order valence-corrected chi connectivity index (χ3v) is 4.36. The molecule has 0 saturated carbocycles. The van der Waals surface area contributed by atoms with Gasteiger partial charge < -0.3 is 10.1 Å². The molecule has 1 N–H and O–H groups in total. The predicted octanol–water partition coefficient (Wildman–Crippen LogP) is 5.56. The van der Waals surface area contributed by atoms with Crippen molar-refractivity contribution in [3.05, 3.63) is 23.8 Å². The smallest absolute Gasteiger partial charge is 0.142 e. The summed E-state index contributed by atoms with van der Waals surface area (Å²) in [5, 5.41) is 3.58.